The molecule has 0 aliphatic carbocycles. The molecule has 1 aliphatic rings. The predicted molar refractivity (Wildman–Crippen MR) is 82.5 cm³/mol. The van der Waals surface area contributed by atoms with Gasteiger partial charge in [0.05, 0.1) is 23.0 Å². The number of hydrogen-bond acceptors (Lipinski definition) is 4. The summed E-state index contributed by atoms with van der Waals surface area (Å²) in [4.78, 5) is 2.53. The zero-order valence-electron chi connectivity index (χ0n) is 12.7. The number of nitrogens with one attached hydrogen (secondary N) is 1. The number of rotatable bonds is 6. The topological polar surface area (TPSA) is 59.1 Å². The van der Waals surface area contributed by atoms with Gasteiger partial charge in [-0.25, -0.2) is 5.43 Å². The number of likely N-dealkylation sites (tertiary alicyclic amines) is 1. The zero-order chi connectivity index (χ0) is 14.8. The van der Waals surface area contributed by atoms with Crippen molar-refractivity contribution in [2.24, 2.45) is 5.84 Å². The molecule has 1 aliphatic heterocycles. The van der Waals surface area contributed by atoms with Crippen molar-refractivity contribution in [2.45, 2.75) is 58.2 Å². The van der Waals surface area contributed by atoms with Crippen LogP contribution in [0.25, 0.3) is 0 Å². The Kier molecular flexibility index (Phi) is 5.07. The summed E-state index contributed by atoms with van der Waals surface area (Å²) >= 11 is 6.37. The second-order valence-corrected chi connectivity index (χ2v) is 6.11. The molecule has 0 radical (unpaired) electrons. The van der Waals surface area contributed by atoms with Crippen LogP contribution in [0.5, 0.6) is 0 Å². The molecule has 1 aromatic heterocycles. The van der Waals surface area contributed by atoms with Gasteiger partial charge in [-0.1, -0.05) is 18.5 Å². The summed E-state index contributed by atoms with van der Waals surface area (Å²) in [7, 11) is 0. The molecule has 114 valence electrons. The van der Waals surface area contributed by atoms with Crippen LogP contribution in [0.4, 0.5) is 0 Å². The highest BCUT2D eigenvalue weighted by atomic mass is 35.5. The number of halogens is 1. The fourth-order valence-electron chi connectivity index (χ4n) is 3.30. The number of aryl methyl sites for hydroxylation is 1. The van der Waals surface area contributed by atoms with Crippen molar-refractivity contribution in [1.29, 1.82) is 0 Å². The van der Waals surface area contributed by atoms with E-state index in [1.807, 2.05) is 4.68 Å². The van der Waals surface area contributed by atoms with Gasteiger partial charge in [0, 0.05) is 12.1 Å². The second-order valence-electron chi connectivity index (χ2n) is 5.70. The molecule has 5 nitrogen and oxygen atoms in total. The largest absolute Gasteiger partial charge is 0.296 e. The monoisotopic (exact) mass is 299 g/mol. The summed E-state index contributed by atoms with van der Waals surface area (Å²) in [6.07, 6.45) is 5.24. The highest BCUT2D eigenvalue weighted by Gasteiger charge is 2.42. The van der Waals surface area contributed by atoms with E-state index in [0.717, 1.165) is 31.7 Å². The van der Waals surface area contributed by atoms with Gasteiger partial charge in [0.25, 0.3) is 0 Å². The first-order chi connectivity index (χ1) is 9.58. The maximum atomic E-state index is 6.37. The van der Waals surface area contributed by atoms with Crippen LogP contribution < -0.4 is 11.3 Å². The maximum Gasteiger partial charge on any atom is 0.0835 e. The van der Waals surface area contributed by atoms with Gasteiger partial charge in [-0.2, -0.15) is 5.10 Å². The number of hydrazine groups is 1. The predicted octanol–water partition coefficient (Wildman–Crippen LogP) is 2.33. The maximum absolute atomic E-state index is 6.37. The van der Waals surface area contributed by atoms with Gasteiger partial charge in [-0.15, -0.1) is 0 Å². The van der Waals surface area contributed by atoms with Gasteiger partial charge < -0.3 is 0 Å². The molecule has 2 rings (SSSR count). The molecule has 0 saturated carbocycles. The third-order valence-corrected chi connectivity index (χ3v) is 5.03. The molecule has 20 heavy (non-hydrogen) atoms. The van der Waals surface area contributed by atoms with Crippen molar-refractivity contribution in [3.05, 3.63) is 16.9 Å². The van der Waals surface area contributed by atoms with Gasteiger partial charge in [0.2, 0.25) is 0 Å². The molecular weight excluding hydrogens is 274 g/mol. The van der Waals surface area contributed by atoms with Crippen LogP contribution in [0, 0.1) is 0 Å². The molecule has 2 heterocycles. The molecule has 2 unspecified atom stereocenters. The molecule has 3 N–H and O–H groups in total. The molecule has 2 atom stereocenters. The fourth-order valence-corrected chi connectivity index (χ4v) is 3.55. The van der Waals surface area contributed by atoms with E-state index < -0.39 is 0 Å². The molecule has 0 bridgehead atoms. The molecule has 6 heteroatoms. The third-order valence-electron chi connectivity index (χ3n) is 4.74. The summed E-state index contributed by atoms with van der Waals surface area (Å²) in [5.74, 6) is 5.91. The van der Waals surface area contributed by atoms with E-state index in [9.17, 15) is 0 Å². The first-order valence-corrected chi connectivity index (χ1v) is 7.88. The highest BCUT2D eigenvalue weighted by Crippen LogP contribution is 2.38. The second kappa shape index (κ2) is 6.43. The Morgan fingerprint density at radius 2 is 2.10 bits per heavy atom. The van der Waals surface area contributed by atoms with Gasteiger partial charge in [-0.3, -0.25) is 15.4 Å². The van der Waals surface area contributed by atoms with E-state index in [1.54, 1.807) is 6.20 Å². The molecule has 0 aromatic carbocycles. The van der Waals surface area contributed by atoms with E-state index in [1.165, 1.54) is 12.8 Å². The lowest BCUT2D eigenvalue weighted by Gasteiger charge is -2.44. The average molecular weight is 300 g/mol. The molecule has 1 aromatic rings. The molecule has 0 amide bonds. The SMILES string of the molecule is CCn1ncc(Cl)c1C(NN)C(C)(CC)N1CCCC1. The number of nitrogens with two attached hydrogens (primary N) is 1. The minimum atomic E-state index is -0.0537. The van der Waals surface area contributed by atoms with Crippen LogP contribution in [-0.2, 0) is 6.54 Å². The molecule has 1 saturated heterocycles. The average Bonchev–Trinajstić information content (AvgIpc) is 3.10. The van der Waals surface area contributed by atoms with Gasteiger partial charge in [-0.05, 0) is 46.2 Å². The molecule has 1 fully saturated rings. The van der Waals surface area contributed by atoms with E-state index >= 15 is 0 Å². The van der Waals surface area contributed by atoms with Gasteiger partial charge in [0.1, 0.15) is 0 Å². The van der Waals surface area contributed by atoms with Crippen LogP contribution in [0.1, 0.15) is 51.8 Å². The van der Waals surface area contributed by atoms with E-state index in [2.05, 4.69) is 36.2 Å². The Balaban J connectivity index is 2.40. The lowest BCUT2D eigenvalue weighted by Crippen LogP contribution is -2.55. The minimum absolute atomic E-state index is 0.0273. The Labute approximate surface area is 126 Å². The fraction of sp³-hybridized carbons (Fsp3) is 0.786. The number of hydrogen-bond donors (Lipinski definition) is 2. The Hall–Kier alpha value is -0.620. The van der Waals surface area contributed by atoms with E-state index in [-0.39, 0.29) is 11.6 Å². The third kappa shape index (κ3) is 2.60. The first kappa shape index (κ1) is 15.8. The molecule has 0 spiro atoms. The van der Waals surface area contributed by atoms with Crippen LogP contribution in [0.3, 0.4) is 0 Å². The van der Waals surface area contributed by atoms with Crippen molar-refractivity contribution in [3.8, 4) is 0 Å². The summed E-state index contributed by atoms with van der Waals surface area (Å²) in [6, 6.07) is -0.0273. The number of nitrogens with zero attached hydrogens (tertiary/aromatic N) is 3. The summed E-state index contributed by atoms with van der Waals surface area (Å²) < 4.78 is 1.94. The summed E-state index contributed by atoms with van der Waals surface area (Å²) in [6.45, 7) is 9.59. The smallest absolute Gasteiger partial charge is 0.0835 e. The van der Waals surface area contributed by atoms with Gasteiger partial charge >= 0.3 is 0 Å². The minimum Gasteiger partial charge on any atom is -0.296 e. The highest BCUT2D eigenvalue weighted by molar-refractivity contribution is 6.31. The van der Waals surface area contributed by atoms with Crippen molar-refractivity contribution in [1.82, 2.24) is 20.1 Å². The van der Waals surface area contributed by atoms with Crippen LogP contribution in [0.15, 0.2) is 6.20 Å². The van der Waals surface area contributed by atoms with Crippen molar-refractivity contribution < 1.29 is 0 Å². The lowest BCUT2D eigenvalue weighted by molar-refractivity contribution is 0.0803. The van der Waals surface area contributed by atoms with Gasteiger partial charge in [0.15, 0.2) is 0 Å². The zero-order valence-corrected chi connectivity index (χ0v) is 13.5. The normalized spacial score (nSPS) is 21.1. The van der Waals surface area contributed by atoms with Crippen LogP contribution in [0.2, 0.25) is 5.02 Å². The van der Waals surface area contributed by atoms with E-state index in [0.29, 0.717) is 5.02 Å². The summed E-state index contributed by atoms with van der Waals surface area (Å²) in [5.41, 5.74) is 3.94. The van der Waals surface area contributed by atoms with Crippen molar-refractivity contribution >= 4 is 11.6 Å². The Morgan fingerprint density at radius 1 is 1.45 bits per heavy atom. The quantitative estimate of drug-likeness (QED) is 0.625. The van der Waals surface area contributed by atoms with Crippen molar-refractivity contribution in [3.63, 3.8) is 0 Å². The lowest BCUT2D eigenvalue weighted by atomic mass is 9.85. The Morgan fingerprint density at radius 3 is 2.60 bits per heavy atom. The van der Waals surface area contributed by atoms with Crippen LogP contribution in [-0.4, -0.2) is 33.3 Å². The summed E-state index contributed by atoms with van der Waals surface area (Å²) in [5, 5.41) is 5.04. The standard InChI is InChI=1S/C14H26ClN5/c1-4-14(3,19-8-6-7-9-19)13(18-16)12-11(15)10-17-20(12)5-2/h10,13,18H,4-9,16H2,1-3H3. The number of aromatic nitrogens is 2. The Bertz CT molecular complexity index is 441. The van der Waals surface area contributed by atoms with Crippen molar-refractivity contribution in [2.75, 3.05) is 13.1 Å². The first-order valence-electron chi connectivity index (χ1n) is 7.50. The van der Waals surface area contributed by atoms with E-state index in [4.69, 9.17) is 17.4 Å². The molecular formula is C14H26ClN5. The van der Waals surface area contributed by atoms with Crippen LogP contribution >= 0.6 is 11.6 Å².